The summed E-state index contributed by atoms with van der Waals surface area (Å²) in [4.78, 5) is 36.0. The van der Waals surface area contributed by atoms with Gasteiger partial charge in [0.1, 0.15) is 6.04 Å². The van der Waals surface area contributed by atoms with E-state index >= 15 is 0 Å². The zero-order chi connectivity index (χ0) is 35.2. The number of hydrogen-bond acceptors (Lipinski definition) is 3. The molecule has 0 heterocycles. The van der Waals surface area contributed by atoms with Crippen LogP contribution < -0.4 is 10.6 Å². The molecule has 0 bridgehead atoms. The highest BCUT2D eigenvalue weighted by Gasteiger charge is 2.19. The Balaban J connectivity index is 3.80. The van der Waals surface area contributed by atoms with Crippen molar-refractivity contribution in [1.29, 1.82) is 0 Å². The fourth-order valence-corrected chi connectivity index (χ4v) is 4.99. The highest BCUT2D eigenvalue weighted by molar-refractivity contribution is 5.83. The van der Waals surface area contributed by atoms with Crippen LogP contribution in [0.25, 0.3) is 0 Å². The zero-order valence-electron chi connectivity index (χ0n) is 30.6. The minimum absolute atomic E-state index is 0.0417. The van der Waals surface area contributed by atoms with Crippen LogP contribution in [0.1, 0.15) is 162 Å². The van der Waals surface area contributed by atoms with Crippen molar-refractivity contribution in [3.8, 4) is 0 Å². The smallest absolute Gasteiger partial charge is 0.326 e. The van der Waals surface area contributed by atoms with E-state index in [1.54, 1.807) is 0 Å². The summed E-state index contributed by atoms with van der Waals surface area (Å²) in [6, 6.07) is -0.883. The topological polar surface area (TPSA) is 95.5 Å². The maximum atomic E-state index is 12.3. The fourth-order valence-electron chi connectivity index (χ4n) is 4.99. The van der Waals surface area contributed by atoms with Crippen molar-refractivity contribution in [2.75, 3.05) is 6.54 Å². The predicted molar refractivity (Wildman–Crippen MR) is 205 cm³/mol. The first-order chi connectivity index (χ1) is 23.5. The molecule has 272 valence electrons. The number of rotatable bonds is 33. The summed E-state index contributed by atoms with van der Waals surface area (Å²) in [5, 5.41) is 15.1. The summed E-state index contributed by atoms with van der Waals surface area (Å²) in [6.07, 6.45) is 48.3. The number of allylic oxidation sites excluding steroid dienone is 12. The Bertz CT molecular complexity index is 961. The molecule has 0 unspecified atom stereocenters. The van der Waals surface area contributed by atoms with Crippen LogP contribution in [0, 0.1) is 0 Å². The van der Waals surface area contributed by atoms with Crippen LogP contribution in [-0.2, 0) is 14.4 Å². The molecule has 0 rings (SSSR count). The lowest BCUT2D eigenvalue weighted by atomic mass is 10.1. The second kappa shape index (κ2) is 36.7. The fraction of sp³-hybridized carbons (Fsp3) is 0.643. The normalized spacial score (nSPS) is 12.9. The highest BCUT2D eigenvalue weighted by Crippen LogP contribution is 2.07. The number of aliphatic carboxylic acids is 1. The standard InChI is InChI=1S/C42H70N2O4/c1-3-5-7-9-11-13-15-17-19-21-23-25-27-29-31-36-40(45)43-38-34-33-35-39(42(47)48)44-41(46)37-32-30-28-26-24-22-20-18-16-14-12-10-8-6-4-2/h11-14,17-20,23-26,39H,3-10,15-16,21-22,27-38H2,1-2H3,(H,43,45)(H,44,46)(H,47,48)/b13-11-,14-12-,19-17-,20-18-,25-23-,26-24-/t39-/m0/s1. The summed E-state index contributed by atoms with van der Waals surface area (Å²) in [5.41, 5.74) is 0. The van der Waals surface area contributed by atoms with E-state index in [9.17, 15) is 19.5 Å². The lowest BCUT2D eigenvalue weighted by molar-refractivity contribution is -0.142. The molecule has 48 heavy (non-hydrogen) atoms. The Kier molecular flexibility index (Phi) is 34.3. The van der Waals surface area contributed by atoms with E-state index in [0.717, 1.165) is 64.2 Å². The average Bonchev–Trinajstić information content (AvgIpc) is 3.07. The Morgan fingerprint density at radius 2 is 0.896 bits per heavy atom. The number of carbonyl (C=O) groups excluding carboxylic acids is 2. The van der Waals surface area contributed by atoms with Crippen molar-refractivity contribution in [3.63, 3.8) is 0 Å². The second-order valence-corrected chi connectivity index (χ2v) is 12.6. The molecule has 0 aliphatic carbocycles. The van der Waals surface area contributed by atoms with E-state index < -0.39 is 12.0 Å². The Morgan fingerprint density at radius 3 is 1.31 bits per heavy atom. The van der Waals surface area contributed by atoms with E-state index in [2.05, 4.69) is 97.4 Å². The van der Waals surface area contributed by atoms with E-state index in [1.165, 1.54) is 51.4 Å². The third kappa shape index (κ3) is 34.2. The first kappa shape index (κ1) is 44.9. The number of carboxylic acid groups (broad SMARTS) is 1. The molecule has 0 aromatic rings. The van der Waals surface area contributed by atoms with Gasteiger partial charge in [-0.25, -0.2) is 4.79 Å². The molecular weight excluding hydrogens is 596 g/mol. The Morgan fingerprint density at radius 1 is 0.500 bits per heavy atom. The molecule has 0 saturated heterocycles. The van der Waals surface area contributed by atoms with Crippen molar-refractivity contribution in [2.45, 2.75) is 168 Å². The third-order valence-corrected chi connectivity index (χ3v) is 7.96. The third-order valence-electron chi connectivity index (χ3n) is 7.96. The SMILES string of the molecule is CCCCC/C=C\C/C=C\C/C=C\CCCCC(=O)NCCCC[C@H](NC(=O)CCCC/C=C\C/C=C\C/C=C\CCCCC)C(=O)O. The molecule has 6 heteroatoms. The minimum Gasteiger partial charge on any atom is -0.480 e. The maximum Gasteiger partial charge on any atom is 0.326 e. The zero-order valence-corrected chi connectivity index (χ0v) is 30.6. The number of carboxylic acids is 1. The van der Waals surface area contributed by atoms with E-state index in [1.807, 2.05) is 0 Å². The van der Waals surface area contributed by atoms with E-state index in [-0.39, 0.29) is 11.8 Å². The summed E-state index contributed by atoms with van der Waals surface area (Å²) >= 11 is 0. The van der Waals surface area contributed by atoms with Gasteiger partial charge in [0.05, 0.1) is 0 Å². The molecule has 6 nitrogen and oxygen atoms in total. The molecule has 0 aromatic heterocycles. The molecule has 2 amide bonds. The maximum absolute atomic E-state index is 12.3. The van der Waals surface area contributed by atoms with E-state index in [4.69, 9.17) is 0 Å². The summed E-state index contributed by atoms with van der Waals surface area (Å²) in [7, 11) is 0. The monoisotopic (exact) mass is 667 g/mol. The molecule has 0 fully saturated rings. The van der Waals surface area contributed by atoms with Gasteiger partial charge >= 0.3 is 5.97 Å². The molecular formula is C42H70N2O4. The van der Waals surface area contributed by atoms with Crippen molar-refractivity contribution < 1.29 is 19.5 Å². The second-order valence-electron chi connectivity index (χ2n) is 12.6. The van der Waals surface area contributed by atoms with Crippen LogP contribution in [0.5, 0.6) is 0 Å². The summed E-state index contributed by atoms with van der Waals surface area (Å²) in [5.74, 6) is -1.18. The van der Waals surface area contributed by atoms with Gasteiger partial charge in [0.2, 0.25) is 11.8 Å². The van der Waals surface area contributed by atoms with Gasteiger partial charge in [-0.05, 0) is 109 Å². The van der Waals surface area contributed by atoms with Gasteiger partial charge in [-0.15, -0.1) is 0 Å². The van der Waals surface area contributed by atoms with Crippen molar-refractivity contribution in [2.24, 2.45) is 0 Å². The molecule has 1 atom stereocenters. The van der Waals surface area contributed by atoms with Gasteiger partial charge in [0.15, 0.2) is 0 Å². The lowest BCUT2D eigenvalue weighted by Crippen LogP contribution is -2.40. The largest absolute Gasteiger partial charge is 0.480 e. The van der Waals surface area contributed by atoms with Crippen LogP contribution in [0.3, 0.4) is 0 Å². The van der Waals surface area contributed by atoms with Crippen LogP contribution in [0.2, 0.25) is 0 Å². The predicted octanol–water partition coefficient (Wildman–Crippen LogP) is 11.0. The quantitative estimate of drug-likeness (QED) is 0.0480. The first-order valence-electron chi connectivity index (χ1n) is 19.2. The number of carbonyl (C=O) groups is 3. The van der Waals surface area contributed by atoms with Crippen LogP contribution >= 0.6 is 0 Å². The van der Waals surface area contributed by atoms with Crippen molar-refractivity contribution >= 4 is 17.8 Å². The Labute approximate surface area is 294 Å². The van der Waals surface area contributed by atoms with Crippen LogP contribution in [0.4, 0.5) is 0 Å². The molecule has 0 spiro atoms. The molecule has 0 aliphatic rings. The lowest BCUT2D eigenvalue weighted by Gasteiger charge is -2.14. The van der Waals surface area contributed by atoms with Crippen molar-refractivity contribution in [1.82, 2.24) is 10.6 Å². The van der Waals surface area contributed by atoms with Crippen molar-refractivity contribution in [3.05, 3.63) is 72.9 Å². The molecule has 0 saturated carbocycles. The number of nitrogens with one attached hydrogen (secondary N) is 2. The number of unbranched alkanes of at least 4 members (excludes halogenated alkanes) is 11. The van der Waals surface area contributed by atoms with E-state index in [0.29, 0.717) is 38.6 Å². The summed E-state index contributed by atoms with van der Waals surface area (Å²) < 4.78 is 0. The van der Waals surface area contributed by atoms with Gasteiger partial charge in [-0.1, -0.05) is 112 Å². The molecule has 0 aliphatic heterocycles. The number of amides is 2. The van der Waals surface area contributed by atoms with Gasteiger partial charge in [-0.3, -0.25) is 9.59 Å². The first-order valence-corrected chi connectivity index (χ1v) is 19.2. The van der Waals surface area contributed by atoms with Gasteiger partial charge in [0.25, 0.3) is 0 Å². The minimum atomic E-state index is -1.01. The van der Waals surface area contributed by atoms with Gasteiger partial charge < -0.3 is 15.7 Å². The van der Waals surface area contributed by atoms with Crippen LogP contribution in [-0.4, -0.2) is 35.5 Å². The van der Waals surface area contributed by atoms with Crippen LogP contribution in [0.15, 0.2) is 72.9 Å². The van der Waals surface area contributed by atoms with Gasteiger partial charge in [0, 0.05) is 19.4 Å². The molecule has 3 N–H and O–H groups in total. The number of hydrogen-bond donors (Lipinski definition) is 3. The Hall–Kier alpha value is -3.15. The average molecular weight is 667 g/mol. The molecule has 0 radical (unpaired) electrons. The highest BCUT2D eigenvalue weighted by atomic mass is 16.4. The molecule has 0 aromatic carbocycles. The van der Waals surface area contributed by atoms with Gasteiger partial charge in [-0.2, -0.15) is 0 Å². The summed E-state index contributed by atoms with van der Waals surface area (Å²) in [6.45, 7) is 4.98.